The van der Waals surface area contributed by atoms with Crippen LogP contribution in [0.4, 0.5) is 0 Å². The predicted molar refractivity (Wildman–Crippen MR) is 134 cm³/mol. The van der Waals surface area contributed by atoms with Gasteiger partial charge in [-0.05, 0) is 47.2 Å². The van der Waals surface area contributed by atoms with Gasteiger partial charge in [-0.15, -0.1) is 25.3 Å². The molecule has 0 aliphatic carbocycles. The number of thiol groups is 2. The fourth-order valence-electron chi connectivity index (χ4n) is 3.63. The summed E-state index contributed by atoms with van der Waals surface area (Å²) in [4.78, 5) is 0. The average molecular weight is 457 g/mol. The van der Waals surface area contributed by atoms with Crippen LogP contribution in [0.1, 0.15) is 25.2 Å². The Bertz CT molecular complexity index is 1030. The summed E-state index contributed by atoms with van der Waals surface area (Å²) in [5.74, 6) is 0. The van der Waals surface area contributed by atoms with Gasteiger partial charge in [-0.2, -0.15) is 10.2 Å². The molecular formula is C21H28N4S2Si2. The number of aromatic nitrogens is 4. The van der Waals surface area contributed by atoms with E-state index >= 15 is 0 Å². The summed E-state index contributed by atoms with van der Waals surface area (Å²) in [5.41, 5.74) is 8.47. The van der Waals surface area contributed by atoms with Crippen LogP contribution in [-0.4, -0.2) is 35.7 Å². The maximum atomic E-state index is 4.90. The molecule has 0 spiro atoms. The summed E-state index contributed by atoms with van der Waals surface area (Å²) in [7, 11) is -3.10. The molecule has 0 atom stereocenters. The number of rotatable bonds is 4. The Morgan fingerprint density at radius 1 is 0.759 bits per heavy atom. The van der Waals surface area contributed by atoms with Crippen molar-refractivity contribution < 1.29 is 0 Å². The molecular weight excluding hydrogens is 429 g/mol. The van der Waals surface area contributed by atoms with E-state index < -0.39 is 16.1 Å². The van der Waals surface area contributed by atoms with Crippen molar-refractivity contribution in [3.63, 3.8) is 0 Å². The van der Waals surface area contributed by atoms with Gasteiger partial charge in [0.15, 0.2) is 0 Å². The van der Waals surface area contributed by atoms with E-state index in [1.165, 1.54) is 9.06 Å². The third-order valence-electron chi connectivity index (χ3n) is 5.97. The van der Waals surface area contributed by atoms with Gasteiger partial charge in [0.25, 0.3) is 0 Å². The quantitative estimate of drug-likeness (QED) is 0.483. The first-order valence-electron chi connectivity index (χ1n) is 9.82. The monoisotopic (exact) mass is 456 g/mol. The standard InChI is InChI=1S/C21H28N4S2Si2/c1-21(2,17-7-11-24(22-17)15-9-13-28(3,4)19(15)26)18-8-12-25(23-18)16-10-14-29(5,6)20(16)27/h7-14,26-27H,1-6H3. The smallest absolute Gasteiger partial charge is 0.114 e. The van der Waals surface area contributed by atoms with Gasteiger partial charge >= 0.3 is 0 Å². The van der Waals surface area contributed by atoms with Crippen molar-refractivity contribution in [3.8, 4) is 0 Å². The van der Waals surface area contributed by atoms with Gasteiger partial charge < -0.3 is 0 Å². The fourth-order valence-corrected chi connectivity index (χ4v) is 7.62. The van der Waals surface area contributed by atoms with Crippen LogP contribution in [0.3, 0.4) is 0 Å². The van der Waals surface area contributed by atoms with E-state index in [0.29, 0.717) is 0 Å². The summed E-state index contributed by atoms with van der Waals surface area (Å²) in [6.07, 6.45) is 8.38. The lowest BCUT2D eigenvalue weighted by Gasteiger charge is -2.20. The Labute approximate surface area is 185 Å². The first-order valence-corrected chi connectivity index (χ1v) is 16.9. The SMILES string of the molecule is CC(C)(c1ccn(C2=C(S)[Si](C)(C)C=C2)n1)c1ccn(C2=C(S)[Si](C)(C)C=C2)n1. The highest BCUT2D eigenvalue weighted by Gasteiger charge is 2.33. The molecule has 2 aliphatic rings. The zero-order valence-corrected chi connectivity index (χ0v) is 21.6. The Morgan fingerprint density at radius 3 is 1.45 bits per heavy atom. The molecule has 0 bridgehead atoms. The van der Waals surface area contributed by atoms with Gasteiger partial charge in [-0.1, -0.05) is 37.6 Å². The summed E-state index contributed by atoms with van der Waals surface area (Å²) >= 11 is 9.59. The lowest BCUT2D eigenvalue weighted by atomic mass is 9.86. The van der Waals surface area contributed by atoms with Crippen molar-refractivity contribution in [3.05, 3.63) is 68.5 Å². The summed E-state index contributed by atoms with van der Waals surface area (Å²) in [6, 6.07) is 4.17. The van der Waals surface area contributed by atoms with Crippen LogP contribution in [0.5, 0.6) is 0 Å². The third kappa shape index (κ3) is 3.39. The Kier molecular flexibility index (Phi) is 4.85. The maximum absolute atomic E-state index is 4.90. The molecule has 0 N–H and O–H groups in total. The molecule has 0 unspecified atom stereocenters. The summed E-state index contributed by atoms with van der Waals surface area (Å²) in [5, 5.41) is 9.80. The highest BCUT2D eigenvalue weighted by atomic mass is 32.1. The second-order valence-corrected chi connectivity index (χ2v) is 19.8. The molecule has 2 aromatic heterocycles. The molecule has 0 saturated carbocycles. The predicted octanol–water partition coefficient (Wildman–Crippen LogP) is 5.32. The van der Waals surface area contributed by atoms with Crippen LogP contribution in [0.15, 0.2) is 57.1 Å². The average Bonchev–Trinajstić information content (AvgIpc) is 3.39. The third-order valence-corrected chi connectivity index (χ3v) is 14.8. The zero-order chi connectivity index (χ0) is 21.2. The van der Waals surface area contributed by atoms with Crippen molar-refractivity contribution in [2.24, 2.45) is 0 Å². The van der Waals surface area contributed by atoms with Gasteiger partial charge in [0, 0.05) is 12.4 Å². The Balaban J connectivity index is 1.66. The number of allylic oxidation sites excluding steroid dienone is 4. The Hall–Kier alpha value is -1.49. The molecule has 29 heavy (non-hydrogen) atoms. The molecule has 0 fully saturated rings. The Morgan fingerprint density at radius 2 is 1.14 bits per heavy atom. The molecule has 0 aromatic carbocycles. The lowest BCUT2D eigenvalue weighted by molar-refractivity contribution is 0.579. The molecule has 0 amide bonds. The largest absolute Gasteiger partial charge is 0.240 e. The van der Waals surface area contributed by atoms with Crippen LogP contribution in [0.25, 0.3) is 11.4 Å². The lowest BCUT2D eigenvalue weighted by Crippen LogP contribution is -2.23. The minimum Gasteiger partial charge on any atom is -0.240 e. The first-order chi connectivity index (χ1) is 13.4. The van der Waals surface area contributed by atoms with Crippen LogP contribution in [0.2, 0.25) is 26.2 Å². The van der Waals surface area contributed by atoms with Gasteiger partial charge in [0.2, 0.25) is 0 Å². The summed E-state index contributed by atoms with van der Waals surface area (Å²) < 4.78 is 6.25. The van der Waals surface area contributed by atoms with Crippen molar-refractivity contribution >= 4 is 52.8 Å². The van der Waals surface area contributed by atoms with Crippen LogP contribution in [0, 0.1) is 0 Å². The minimum absolute atomic E-state index is 0.310. The van der Waals surface area contributed by atoms with E-state index in [9.17, 15) is 0 Å². The van der Waals surface area contributed by atoms with Gasteiger partial charge in [-0.25, -0.2) is 9.36 Å². The topological polar surface area (TPSA) is 35.6 Å². The van der Waals surface area contributed by atoms with E-state index in [1.54, 1.807) is 0 Å². The van der Waals surface area contributed by atoms with Crippen molar-refractivity contribution in [2.45, 2.75) is 45.5 Å². The van der Waals surface area contributed by atoms with Crippen molar-refractivity contribution in [1.29, 1.82) is 0 Å². The molecule has 4 nitrogen and oxygen atoms in total. The molecule has 152 valence electrons. The minimum atomic E-state index is -1.55. The van der Waals surface area contributed by atoms with Crippen molar-refractivity contribution in [2.75, 3.05) is 0 Å². The van der Waals surface area contributed by atoms with E-state index in [2.05, 4.69) is 75.7 Å². The zero-order valence-electron chi connectivity index (χ0n) is 17.8. The van der Waals surface area contributed by atoms with E-state index in [4.69, 9.17) is 35.5 Å². The highest BCUT2D eigenvalue weighted by molar-refractivity contribution is 7.88. The van der Waals surface area contributed by atoms with E-state index in [-0.39, 0.29) is 5.41 Å². The second-order valence-electron chi connectivity index (χ2n) is 9.49. The number of hydrogen-bond acceptors (Lipinski definition) is 4. The highest BCUT2D eigenvalue weighted by Crippen LogP contribution is 2.36. The second kappa shape index (κ2) is 6.76. The fraction of sp³-hybridized carbons (Fsp3) is 0.333. The molecule has 8 heteroatoms. The molecule has 4 heterocycles. The molecule has 4 rings (SSSR count). The van der Waals surface area contributed by atoms with E-state index in [0.717, 1.165) is 22.8 Å². The normalized spacial score (nSPS) is 20.4. The van der Waals surface area contributed by atoms with Crippen LogP contribution in [-0.2, 0) is 5.41 Å². The number of hydrogen-bond donors (Lipinski definition) is 2. The molecule has 2 aliphatic heterocycles. The van der Waals surface area contributed by atoms with Gasteiger partial charge in [0.1, 0.15) is 16.1 Å². The number of nitrogens with zero attached hydrogens (tertiary/aromatic N) is 4. The maximum Gasteiger partial charge on any atom is 0.114 e. The van der Waals surface area contributed by atoms with Crippen molar-refractivity contribution in [1.82, 2.24) is 19.6 Å². The molecule has 0 saturated heterocycles. The van der Waals surface area contributed by atoms with E-state index in [1.807, 2.05) is 21.8 Å². The van der Waals surface area contributed by atoms with Gasteiger partial charge in [0.05, 0.1) is 28.2 Å². The van der Waals surface area contributed by atoms with Gasteiger partial charge in [-0.3, -0.25) is 0 Å². The first kappa shape index (κ1) is 20.8. The van der Waals surface area contributed by atoms with Crippen LogP contribution < -0.4 is 0 Å². The molecule has 2 aromatic rings. The summed E-state index contributed by atoms with van der Waals surface area (Å²) in [6.45, 7) is 13.5. The molecule has 0 radical (unpaired) electrons. The van der Waals surface area contributed by atoms with Crippen LogP contribution >= 0.6 is 25.3 Å².